The Bertz CT molecular complexity index is 434. The number of ether oxygens (including phenoxy) is 1. The van der Waals surface area contributed by atoms with E-state index in [4.69, 9.17) is 4.74 Å². The van der Waals surface area contributed by atoms with E-state index < -0.39 is 5.60 Å². The first kappa shape index (κ1) is 17.4. The molecule has 0 aliphatic carbocycles. The highest BCUT2D eigenvalue weighted by atomic mass is 16.6. The predicted octanol–water partition coefficient (Wildman–Crippen LogP) is 3.50. The van der Waals surface area contributed by atoms with Gasteiger partial charge in [0, 0.05) is 0 Å². The number of allylic oxidation sites excluding steroid dienone is 1. The summed E-state index contributed by atoms with van der Waals surface area (Å²) in [6.45, 7) is 10.2. The summed E-state index contributed by atoms with van der Waals surface area (Å²) in [4.78, 5) is 12.3. The largest absolute Gasteiger partial charge is 0.459 e. The van der Waals surface area contributed by atoms with Gasteiger partial charge in [-0.2, -0.15) is 0 Å². The second-order valence-corrected chi connectivity index (χ2v) is 6.16. The van der Waals surface area contributed by atoms with Crippen LogP contribution < -0.4 is 5.32 Å². The Labute approximate surface area is 128 Å². The molecule has 0 aromatic heterocycles. The fourth-order valence-electron chi connectivity index (χ4n) is 1.98. The second kappa shape index (κ2) is 8.63. The van der Waals surface area contributed by atoms with Crippen LogP contribution in [0.3, 0.4) is 0 Å². The number of hydrogen-bond acceptors (Lipinski definition) is 3. The number of carbonyl (C=O) groups excluding carboxylic acids is 1. The van der Waals surface area contributed by atoms with E-state index in [2.05, 4.69) is 11.9 Å². The fourth-order valence-corrected chi connectivity index (χ4v) is 1.98. The van der Waals surface area contributed by atoms with Gasteiger partial charge in [0.2, 0.25) is 0 Å². The van der Waals surface area contributed by atoms with Crippen LogP contribution in [0.15, 0.2) is 43.0 Å². The van der Waals surface area contributed by atoms with Crippen LogP contribution in [0.2, 0.25) is 0 Å². The summed E-state index contributed by atoms with van der Waals surface area (Å²) >= 11 is 0. The fraction of sp³-hybridized carbons (Fsp3) is 0.500. The van der Waals surface area contributed by atoms with Crippen LogP contribution >= 0.6 is 0 Å². The van der Waals surface area contributed by atoms with Gasteiger partial charge in [-0.25, -0.2) is 0 Å². The van der Waals surface area contributed by atoms with Crippen LogP contribution in [0.4, 0.5) is 0 Å². The van der Waals surface area contributed by atoms with Gasteiger partial charge in [-0.3, -0.25) is 4.79 Å². The normalized spacial score (nSPS) is 12.7. The van der Waals surface area contributed by atoms with E-state index in [1.807, 2.05) is 57.2 Å². The minimum atomic E-state index is -0.463. The Morgan fingerprint density at radius 1 is 1.33 bits per heavy atom. The van der Waals surface area contributed by atoms with Crippen LogP contribution in [0.1, 0.15) is 39.2 Å². The Morgan fingerprint density at radius 2 is 2.00 bits per heavy atom. The standard InChI is InChI=1S/C18H27NO2/c1-5-6-10-13-19-16(17(20)21-18(2,3)4)14-15-11-8-7-9-12-15/h5,7-9,11-12,16,19H,1,6,10,13-14H2,2-4H3/t16-/m0/s1. The summed E-state index contributed by atoms with van der Waals surface area (Å²) < 4.78 is 5.51. The predicted molar refractivity (Wildman–Crippen MR) is 87.2 cm³/mol. The number of rotatable bonds is 8. The number of carbonyl (C=O) groups is 1. The van der Waals surface area contributed by atoms with Gasteiger partial charge in [0.1, 0.15) is 11.6 Å². The third kappa shape index (κ3) is 7.66. The van der Waals surface area contributed by atoms with Crippen LogP contribution in [0, 0.1) is 0 Å². The van der Waals surface area contributed by atoms with E-state index in [9.17, 15) is 4.79 Å². The zero-order valence-electron chi connectivity index (χ0n) is 13.4. The maximum Gasteiger partial charge on any atom is 0.323 e. The summed E-state index contributed by atoms with van der Waals surface area (Å²) in [7, 11) is 0. The van der Waals surface area contributed by atoms with Crippen molar-refractivity contribution in [1.82, 2.24) is 5.32 Å². The van der Waals surface area contributed by atoms with Crippen molar-refractivity contribution in [3.8, 4) is 0 Å². The molecule has 116 valence electrons. The Morgan fingerprint density at radius 3 is 2.57 bits per heavy atom. The molecular weight excluding hydrogens is 262 g/mol. The molecule has 1 atom stereocenters. The summed E-state index contributed by atoms with van der Waals surface area (Å²) in [5.41, 5.74) is 0.666. The molecule has 1 aromatic rings. The van der Waals surface area contributed by atoms with Crippen molar-refractivity contribution >= 4 is 5.97 Å². The summed E-state index contributed by atoms with van der Waals surface area (Å²) in [6, 6.07) is 9.70. The molecule has 0 aliphatic heterocycles. The maximum absolute atomic E-state index is 12.3. The molecule has 1 aromatic carbocycles. The van der Waals surface area contributed by atoms with Crippen LogP contribution in [0.25, 0.3) is 0 Å². The van der Waals surface area contributed by atoms with E-state index in [1.165, 1.54) is 0 Å². The third-order valence-corrected chi connectivity index (χ3v) is 2.95. The van der Waals surface area contributed by atoms with Crippen LogP contribution in [0.5, 0.6) is 0 Å². The molecule has 0 saturated heterocycles. The van der Waals surface area contributed by atoms with Crippen molar-refractivity contribution < 1.29 is 9.53 Å². The zero-order valence-corrected chi connectivity index (χ0v) is 13.4. The molecule has 0 spiro atoms. The number of esters is 1. The van der Waals surface area contributed by atoms with E-state index in [0.29, 0.717) is 6.42 Å². The maximum atomic E-state index is 12.3. The minimum Gasteiger partial charge on any atom is -0.459 e. The SMILES string of the molecule is C=CCCCN[C@@H](Cc1ccccc1)C(=O)OC(C)(C)C. The lowest BCUT2D eigenvalue weighted by atomic mass is 10.1. The second-order valence-electron chi connectivity index (χ2n) is 6.16. The van der Waals surface area contributed by atoms with Crippen molar-refractivity contribution in [2.45, 2.75) is 51.7 Å². The lowest BCUT2D eigenvalue weighted by molar-refractivity contribution is -0.157. The Kier molecular flexibility index (Phi) is 7.17. The van der Waals surface area contributed by atoms with Gasteiger partial charge >= 0.3 is 5.97 Å². The molecule has 0 fully saturated rings. The van der Waals surface area contributed by atoms with Gasteiger partial charge < -0.3 is 10.1 Å². The van der Waals surface area contributed by atoms with Gasteiger partial charge in [-0.1, -0.05) is 36.4 Å². The average Bonchev–Trinajstić information content (AvgIpc) is 2.41. The average molecular weight is 289 g/mol. The monoisotopic (exact) mass is 289 g/mol. The van der Waals surface area contributed by atoms with Gasteiger partial charge in [0.05, 0.1) is 0 Å². The smallest absolute Gasteiger partial charge is 0.323 e. The number of nitrogens with one attached hydrogen (secondary N) is 1. The van der Waals surface area contributed by atoms with Crippen molar-refractivity contribution in [3.05, 3.63) is 48.6 Å². The first-order valence-corrected chi connectivity index (χ1v) is 7.53. The van der Waals surface area contributed by atoms with Gasteiger partial charge in [0.15, 0.2) is 0 Å². The zero-order chi connectivity index (χ0) is 15.7. The van der Waals surface area contributed by atoms with Crippen molar-refractivity contribution in [2.24, 2.45) is 0 Å². The molecule has 3 heteroatoms. The molecule has 0 saturated carbocycles. The Hall–Kier alpha value is -1.61. The molecular formula is C18H27NO2. The highest BCUT2D eigenvalue weighted by Crippen LogP contribution is 2.11. The molecule has 0 aliphatic rings. The van der Waals surface area contributed by atoms with Crippen LogP contribution in [-0.2, 0) is 16.0 Å². The molecule has 1 N–H and O–H groups in total. The molecule has 0 heterocycles. The Balaban J connectivity index is 2.64. The molecule has 0 amide bonds. The molecule has 1 rings (SSSR count). The summed E-state index contributed by atoms with van der Waals surface area (Å²) in [5, 5.41) is 3.30. The van der Waals surface area contributed by atoms with Gasteiger partial charge in [-0.05, 0) is 52.1 Å². The van der Waals surface area contributed by atoms with Crippen LogP contribution in [-0.4, -0.2) is 24.2 Å². The molecule has 21 heavy (non-hydrogen) atoms. The lowest BCUT2D eigenvalue weighted by Crippen LogP contribution is -2.43. The molecule has 0 radical (unpaired) electrons. The van der Waals surface area contributed by atoms with Crippen molar-refractivity contribution in [2.75, 3.05) is 6.54 Å². The highest BCUT2D eigenvalue weighted by molar-refractivity contribution is 5.76. The number of hydrogen-bond donors (Lipinski definition) is 1. The number of unbranched alkanes of at least 4 members (excludes halogenated alkanes) is 1. The van der Waals surface area contributed by atoms with Crippen molar-refractivity contribution in [1.29, 1.82) is 0 Å². The molecule has 0 bridgehead atoms. The quantitative estimate of drug-likeness (QED) is 0.452. The molecule has 0 unspecified atom stereocenters. The van der Waals surface area contributed by atoms with E-state index in [1.54, 1.807) is 0 Å². The van der Waals surface area contributed by atoms with Gasteiger partial charge in [0.25, 0.3) is 0 Å². The van der Waals surface area contributed by atoms with Crippen molar-refractivity contribution in [3.63, 3.8) is 0 Å². The lowest BCUT2D eigenvalue weighted by Gasteiger charge is -2.24. The van der Waals surface area contributed by atoms with Gasteiger partial charge in [-0.15, -0.1) is 6.58 Å². The first-order chi connectivity index (χ1) is 9.92. The van der Waals surface area contributed by atoms with E-state index in [-0.39, 0.29) is 12.0 Å². The molecule has 3 nitrogen and oxygen atoms in total. The minimum absolute atomic E-state index is 0.190. The number of benzene rings is 1. The summed E-state index contributed by atoms with van der Waals surface area (Å²) in [6.07, 6.45) is 4.45. The van der Waals surface area contributed by atoms with E-state index in [0.717, 1.165) is 24.9 Å². The highest BCUT2D eigenvalue weighted by Gasteiger charge is 2.24. The third-order valence-electron chi connectivity index (χ3n) is 2.95. The first-order valence-electron chi connectivity index (χ1n) is 7.53. The van der Waals surface area contributed by atoms with E-state index >= 15 is 0 Å². The summed E-state index contributed by atoms with van der Waals surface area (Å²) in [5.74, 6) is -0.190. The topological polar surface area (TPSA) is 38.3 Å².